The van der Waals surface area contributed by atoms with Gasteiger partial charge in [0.05, 0.1) is 50.1 Å². The van der Waals surface area contributed by atoms with Crippen LogP contribution >= 0.6 is 0 Å². The van der Waals surface area contributed by atoms with E-state index >= 15 is 0 Å². The summed E-state index contributed by atoms with van der Waals surface area (Å²) in [6.07, 6.45) is 9.49. The van der Waals surface area contributed by atoms with Crippen LogP contribution in [-0.2, 0) is 70.1 Å². The van der Waals surface area contributed by atoms with Crippen molar-refractivity contribution in [2.45, 2.75) is 124 Å². The molecule has 0 bridgehead atoms. The first-order valence-electron chi connectivity index (χ1n) is 25.2. The van der Waals surface area contributed by atoms with Crippen LogP contribution in [0.3, 0.4) is 0 Å². The molecule has 2 fully saturated rings. The lowest BCUT2D eigenvalue weighted by Gasteiger charge is -2.27. The predicted molar refractivity (Wildman–Crippen MR) is 266 cm³/mol. The zero-order valence-electron chi connectivity index (χ0n) is 42.2. The van der Waals surface area contributed by atoms with E-state index in [1.165, 1.54) is 0 Å². The Labute approximate surface area is 427 Å². The number of aryl methyl sites for hydroxylation is 3. The Kier molecular flexibility index (Phi) is 22.9. The topological polar surface area (TPSA) is 210 Å². The van der Waals surface area contributed by atoms with Crippen molar-refractivity contribution in [3.8, 4) is 23.0 Å². The summed E-state index contributed by atoms with van der Waals surface area (Å²) >= 11 is 0. The Bertz CT molecular complexity index is 2400. The highest BCUT2D eigenvalue weighted by molar-refractivity contribution is 5.82. The summed E-state index contributed by atoms with van der Waals surface area (Å²) in [5.41, 5.74) is 3.74. The number of hydrogen-bond acceptors (Lipinski definition) is 16. The molecule has 0 heterocycles. The minimum atomic E-state index is -0.486. The summed E-state index contributed by atoms with van der Waals surface area (Å²) in [5, 5.41) is 0. The molecule has 0 atom stereocenters. The maximum absolute atomic E-state index is 13.4. The largest absolute Gasteiger partial charge is 0.466 e. The molecule has 16 heteroatoms. The van der Waals surface area contributed by atoms with Crippen molar-refractivity contribution in [2.24, 2.45) is 23.7 Å². The van der Waals surface area contributed by atoms with Crippen molar-refractivity contribution in [2.75, 3.05) is 26.4 Å². The van der Waals surface area contributed by atoms with Crippen LogP contribution in [0.4, 0.5) is 0 Å². The first-order chi connectivity index (χ1) is 35.1. The minimum Gasteiger partial charge on any atom is -0.466 e. The Balaban J connectivity index is 0.971. The fraction of sp³-hybridized carbons (Fsp3) is 0.474. The minimum absolute atomic E-state index is 0.192. The van der Waals surface area contributed by atoms with E-state index in [0.717, 1.165) is 23.3 Å². The molecular weight excluding hydrogens is 941 g/mol. The first kappa shape index (κ1) is 56.8. The molecular formula is C57H68O16. The van der Waals surface area contributed by atoms with Crippen molar-refractivity contribution in [3.63, 3.8) is 0 Å². The molecule has 0 radical (unpaired) electrons. The maximum atomic E-state index is 13.4. The normalized spacial score (nSPS) is 17.2. The van der Waals surface area contributed by atoms with Crippen LogP contribution in [0.5, 0.6) is 23.0 Å². The molecule has 0 saturated heterocycles. The highest BCUT2D eigenvalue weighted by atomic mass is 16.6. The molecule has 5 rings (SSSR count). The molecule has 2 aliphatic rings. The van der Waals surface area contributed by atoms with Gasteiger partial charge in [-0.25, -0.2) is 9.59 Å². The van der Waals surface area contributed by atoms with Gasteiger partial charge < -0.3 is 37.9 Å². The molecule has 0 spiro atoms. The molecule has 0 aliphatic heterocycles. The number of ether oxygens (including phenoxy) is 8. The van der Waals surface area contributed by atoms with Gasteiger partial charge in [0.25, 0.3) is 0 Å². The first-order valence-corrected chi connectivity index (χ1v) is 25.2. The molecule has 2 saturated carbocycles. The van der Waals surface area contributed by atoms with Crippen LogP contribution in [0, 0.1) is 44.4 Å². The van der Waals surface area contributed by atoms with Gasteiger partial charge in [-0.1, -0.05) is 37.4 Å². The number of esters is 8. The van der Waals surface area contributed by atoms with Crippen molar-refractivity contribution in [1.82, 2.24) is 0 Å². The summed E-state index contributed by atoms with van der Waals surface area (Å²) in [4.78, 5) is 99.4. The van der Waals surface area contributed by atoms with Gasteiger partial charge >= 0.3 is 47.8 Å². The van der Waals surface area contributed by atoms with Gasteiger partial charge in [0.1, 0.15) is 23.0 Å². The third-order valence-corrected chi connectivity index (χ3v) is 13.1. The van der Waals surface area contributed by atoms with Crippen LogP contribution in [0.25, 0.3) is 0 Å². The third kappa shape index (κ3) is 18.8. The highest BCUT2D eigenvalue weighted by Crippen LogP contribution is 2.38. The summed E-state index contributed by atoms with van der Waals surface area (Å²) in [5.74, 6) is -3.10. The standard InChI is InChI=1S/C57H68O16/c1-6-49(58)66-32-8-10-34-68-51(60)30-16-40-12-26-46(27-13-40)70-54(62)42-18-22-44(23-19-42)56(64)72-48-36-37(3)53(39(5)38(48)4)73-57(65)45-24-20-43(21-25-45)55(63)71-47-28-14-41(15-29-47)17-31-52(61)69-35-11-9-33-67-50(59)7-2/h6-7,12-15,26-29,36,42-45H,1-2,8-11,16-25,30-35H2,3-5H3/t42-,43-,44-,45-. The van der Waals surface area contributed by atoms with Gasteiger partial charge in [-0.2, -0.15) is 0 Å². The number of benzene rings is 3. The zero-order valence-corrected chi connectivity index (χ0v) is 42.2. The summed E-state index contributed by atoms with van der Waals surface area (Å²) in [6, 6.07) is 15.6. The molecule has 392 valence electrons. The van der Waals surface area contributed by atoms with Gasteiger partial charge in [0.15, 0.2) is 0 Å². The summed E-state index contributed by atoms with van der Waals surface area (Å²) < 4.78 is 43.5. The van der Waals surface area contributed by atoms with Crippen LogP contribution < -0.4 is 18.9 Å². The Morgan fingerprint density at radius 3 is 1.18 bits per heavy atom. The maximum Gasteiger partial charge on any atom is 0.330 e. The van der Waals surface area contributed by atoms with E-state index in [1.807, 2.05) is 6.92 Å². The molecule has 3 aromatic rings. The Hall–Kier alpha value is -7.10. The molecule has 0 amide bonds. The summed E-state index contributed by atoms with van der Waals surface area (Å²) in [6.45, 7) is 13.0. The zero-order chi connectivity index (χ0) is 52.7. The monoisotopic (exact) mass is 1010 g/mol. The van der Waals surface area contributed by atoms with Gasteiger partial charge in [-0.05, 0) is 169 Å². The van der Waals surface area contributed by atoms with Crippen molar-refractivity contribution < 1.29 is 76.3 Å². The highest BCUT2D eigenvalue weighted by Gasteiger charge is 2.35. The lowest BCUT2D eigenvalue weighted by Crippen LogP contribution is -2.31. The SMILES string of the molecule is C=CC(=O)OCCCCOC(=O)CCc1ccc(OC(=O)[C@H]2CC[C@H](C(=O)Oc3cc(C)c(OC(=O)[C@H]4CC[C@H](C(=O)Oc5ccc(CCC(=O)OCCCCOC(=O)C=C)cc5)CC4)c(C)c3C)CC2)cc1. The van der Waals surface area contributed by atoms with E-state index in [2.05, 4.69) is 13.2 Å². The van der Waals surface area contributed by atoms with Crippen LogP contribution in [0.1, 0.15) is 118 Å². The second kappa shape index (κ2) is 29.4. The molecule has 73 heavy (non-hydrogen) atoms. The number of unbranched alkanes of at least 4 members (excludes halogenated alkanes) is 2. The third-order valence-electron chi connectivity index (χ3n) is 13.1. The predicted octanol–water partition coefficient (Wildman–Crippen LogP) is 9.22. The molecule has 2 aliphatic carbocycles. The Morgan fingerprint density at radius 1 is 0.466 bits per heavy atom. The molecule has 3 aromatic carbocycles. The molecule has 16 nitrogen and oxygen atoms in total. The fourth-order valence-electron chi connectivity index (χ4n) is 8.52. The van der Waals surface area contributed by atoms with Gasteiger partial charge in [-0.3, -0.25) is 28.8 Å². The van der Waals surface area contributed by atoms with Gasteiger partial charge in [-0.15, -0.1) is 0 Å². The lowest BCUT2D eigenvalue weighted by molar-refractivity contribution is -0.145. The number of carbonyl (C=O) groups excluding carboxylic acids is 8. The molecule has 0 N–H and O–H groups in total. The van der Waals surface area contributed by atoms with E-state index in [9.17, 15) is 38.4 Å². The molecule has 0 aromatic heterocycles. The van der Waals surface area contributed by atoms with E-state index in [4.69, 9.17) is 37.9 Å². The van der Waals surface area contributed by atoms with Crippen LogP contribution in [0.15, 0.2) is 79.9 Å². The van der Waals surface area contributed by atoms with E-state index in [0.29, 0.717) is 130 Å². The van der Waals surface area contributed by atoms with Crippen LogP contribution in [0.2, 0.25) is 0 Å². The van der Waals surface area contributed by atoms with E-state index in [1.54, 1.807) is 68.4 Å². The summed E-state index contributed by atoms with van der Waals surface area (Å²) in [7, 11) is 0. The number of carbonyl (C=O) groups is 8. The van der Waals surface area contributed by atoms with E-state index in [-0.39, 0.29) is 86.9 Å². The Morgan fingerprint density at radius 2 is 0.808 bits per heavy atom. The number of hydrogen-bond donors (Lipinski definition) is 0. The average Bonchev–Trinajstić information content (AvgIpc) is 3.40. The second-order valence-electron chi connectivity index (χ2n) is 18.4. The van der Waals surface area contributed by atoms with Crippen molar-refractivity contribution in [3.05, 3.63) is 108 Å². The van der Waals surface area contributed by atoms with Crippen LogP contribution in [-0.4, -0.2) is 74.2 Å². The van der Waals surface area contributed by atoms with Crippen molar-refractivity contribution in [1.29, 1.82) is 0 Å². The van der Waals surface area contributed by atoms with Gasteiger partial charge in [0.2, 0.25) is 0 Å². The van der Waals surface area contributed by atoms with E-state index < -0.39 is 23.8 Å². The second-order valence-corrected chi connectivity index (χ2v) is 18.4. The quantitative estimate of drug-likeness (QED) is 0.0241. The molecule has 0 unspecified atom stereocenters. The average molecular weight is 1010 g/mol. The lowest BCUT2D eigenvalue weighted by atomic mass is 9.82. The van der Waals surface area contributed by atoms with Gasteiger partial charge in [0, 0.05) is 25.0 Å². The smallest absolute Gasteiger partial charge is 0.330 e. The number of rotatable bonds is 26. The van der Waals surface area contributed by atoms with Crippen molar-refractivity contribution >= 4 is 47.8 Å². The fourth-order valence-corrected chi connectivity index (χ4v) is 8.52.